The van der Waals surface area contributed by atoms with E-state index in [0.29, 0.717) is 34.0 Å². The van der Waals surface area contributed by atoms with Gasteiger partial charge in [-0.15, -0.1) is 8.67 Å². The molecule has 2 heterocycles. The number of ether oxygens (including phenoxy) is 1. The third-order valence-corrected chi connectivity index (χ3v) is 9.62. The molecule has 0 amide bonds. The third kappa shape index (κ3) is 17.1. The standard InChI is InChI=1S/C30H38N12O14S4/c1-31-18-25-37-26(33-9-14-57-55-53-44)40-29(38-25)36-22-7-5-20(24(17-22)60(49,50)51)3-2-19-4-6-21(16-23(19)58-56-54-45)35-30-41-27(32-8-12-52-13-11-43)39-28(42-30)34-10-15-59(46,47)48/h2-7,9,16-17,31,43-45H,8,10-15,18H2,1H3,(H,46,47,48)(H,49,50,51)(H,36,37,38,40)(H3,32,34,35,39,41,42)/b3-2?,33-9-. The summed E-state index contributed by atoms with van der Waals surface area (Å²) in [5, 5.41) is 47.7. The van der Waals surface area contributed by atoms with Crippen molar-refractivity contribution >= 4 is 104 Å². The zero-order chi connectivity index (χ0) is 43.4. The van der Waals surface area contributed by atoms with Crippen LogP contribution in [0.1, 0.15) is 17.0 Å². The van der Waals surface area contributed by atoms with Gasteiger partial charge >= 0.3 is 0 Å². The highest BCUT2D eigenvalue weighted by molar-refractivity contribution is 7.95. The smallest absolute Gasteiger partial charge is 0.295 e. The molecule has 60 heavy (non-hydrogen) atoms. The molecular formula is C30H38N12O14S4. The molecule has 2 aromatic heterocycles. The number of aliphatic hydroxyl groups is 1. The Labute approximate surface area is 350 Å². The third-order valence-electron chi connectivity index (χ3n) is 6.89. The molecule has 0 bridgehead atoms. The minimum Gasteiger partial charge on any atom is -0.394 e. The van der Waals surface area contributed by atoms with E-state index in [0.717, 1.165) is 12.0 Å². The molecule has 0 spiro atoms. The van der Waals surface area contributed by atoms with Crippen LogP contribution in [0.15, 0.2) is 51.2 Å². The lowest BCUT2D eigenvalue weighted by atomic mass is 10.1. The van der Waals surface area contributed by atoms with Crippen molar-refractivity contribution in [3.63, 3.8) is 0 Å². The van der Waals surface area contributed by atoms with Gasteiger partial charge < -0.3 is 36.4 Å². The van der Waals surface area contributed by atoms with Gasteiger partial charge in [0.2, 0.25) is 23.8 Å². The van der Waals surface area contributed by atoms with Crippen molar-refractivity contribution in [2.24, 2.45) is 4.99 Å². The average molecular weight is 919 g/mol. The van der Waals surface area contributed by atoms with Crippen LogP contribution in [-0.2, 0) is 50.3 Å². The maximum Gasteiger partial charge on any atom is 0.295 e. The summed E-state index contributed by atoms with van der Waals surface area (Å²) in [5.41, 5.74) is 1.05. The van der Waals surface area contributed by atoms with E-state index in [9.17, 15) is 21.4 Å². The zero-order valence-corrected chi connectivity index (χ0v) is 34.3. The van der Waals surface area contributed by atoms with Crippen LogP contribution in [-0.4, -0.2) is 129 Å². The highest BCUT2D eigenvalue weighted by Gasteiger charge is 2.17. The predicted molar refractivity (Wildman–Crippen MR) is 218 cm³/mol. The number of aliphatic imine (C=N–C) groups is 1. The van der Waals surface area contributed by atoms with Gasteiger partial charge in [0.15, 0.2) is 0 Å². The van der Waals surface area contributed by atoms with E-state index in [4.69, 9.17) is 24.9 Å². The number of rotatable bonds is 27. The summed E-state index contributed by atoms with van der Waals surface area (Å²) in [5.74, 6) is -0.133. The van der Waals surface area contributed by atoms with Crippen LogP contribution in [0.4, 0.5) is 41.1 Å². The van der Waals surface area contributed by atoms with Crippen molar-refractivity contribution < 1.29 is 65.0 Å². The molecule has 30 heteroatoms. The lowest BCUT2D eigenvalue weighted by molar-refractivity contribution is -0.432. The number of aliphatic hydroxyl groups excluding tert-OH is 1. The van der Waals surface area contributed by atoms with Crippen LogP contribution in [0.25, 0.3) is 12.2 Å². The van der Waals surface area contributed by atoms with Crippen molar-refractivity contribution in [1.82, 2.24) is 35.2 Å². The van der Waals surface area contributed by atoms with Crippen LogP contribution >= 0.6 is 24.1 Å². The molecular weight excluding hydrogens is 881 g/mol. The number of nitrogens with one attached hydrogen (secondary N) is 5. The minimum atomic E-state index is -4.80. The number of aromatic nitrogens is 6. The summed E-state index contributed by atoms with van der Waals surface area (Å²) >= 11 is 1.33. The summed E-state index contributed by atoms with van der Waals surface area (Å²) in [4.78, 5) is 29.4. The Morgan fingerprint density at radius 3 is 2.10 bits per heavy atom. The van der Waals surface area contributed by atoms with Crippen LogP contribution in [0.2, 0.25) is 0 Å². The summed E-state index contributed by atoms with van der Waals surface area (Å²) in [6.07, 6.45) is 4.30. The Morgan fingerprint density at radius 2 is 1.43 bits per heavy atom. The SMILES string of the molecule is CNCc1nc(/N=C\CSOOO)nc(Nc2ccc(C=Cc3ccc(Nc4nc(NCCOCCO)nc(NCCS(=O)(=O)O)n4)cc3SOOO)c(S(=O)(=O)O)c2)n1. The Hall–Kier alpha value is -4.77. The van der Waals surface area contributed by atoms with Crippen LogP contribution < -0.4 is 26.6 Å². The maximum absolute atomic E-state index is 12.6. The number of nitrogens with zero attached hydrogens (tertiary/aromatic N) is 7. The molecule has 4 aromatic rings. The predicted octanol–water partition coefficient (Wildman–Crippen LogP) is 2.60. The number of hydrogen-bond donors (Lipinski definition) is 10. The van der Waals surface area contributed by atoms with Gasteiger partial charge in [-0.2, -0.15) is 46.7 Å². The molecule has 0 unspecified atom stereocenters. The number of hydrogen-bond acceptors (Lipinski definition) is 26. The average Bonchev–Trinajstić information content (AvgIpc) is 3.19. The summed E-state index contributed by atoms with van der Waals surface area (Å²) in [7, 11) is -7.39. The molecule has 0 aliphatic rings. The highest BCUT2D eigenvalue weighted by atomic mass is 32.2. The van der Waals surface area contributed by atoms with Crippen LogP contribution in [0, 0.1) is 0 Å². The fourth-order valence-corrected chi connectivity index (χ4v) is 6.34. The normalized spacial score (nSPS) is 12.0. The monoisotopic (exact) mass is 918 g/mol. The van der Waals surface area contributed by atoms with Crippen molar-refractivity contribution in [2.75, 3.05) is 72.7 Å². The van der Waals surface area contributed by atoms with Gasteiger partial charge in [0.05, 0.1) is 49.9 Å². The molecule has 4 rings (SSSR count). The van der Waals surface area contributed by atoms with E-state index in [1.807, 2.05) is 0 Å². The second kappa shape index (κ2) is 24.5. The molecule has 0 saturated heterocycles. The van der Waals surface area contributed by atoms with Crippen molar-refractivity contribution in [3.8, 4) is 0 Å². The second-order valence-electron chi connectivity index (χ2n) is 11.2. The summed E-state index contributed by atoms with van der Waals surface area (Å²) in [6, 6.07) is 8.82. The van der Waals surface area contributed by atoms with Gasteiger partial charge in [0.25, 0.3) is 26.2 Å². The molecule has 0 saturated carbocycles. The number of anilines is 6. The van der Waals surface area contributed by atoms with Crippen LogP contribution in [0.3, 0.4) is 0 Å². The Kier molecular flexibility index (Phi) is 19.5. The lowest BCUT2D eigenvalue weighted by Gasteiger charge is -2.13. The van der Waals surface area contributed by atoms with Gasteiger partial charge in [0.1, 0.15) is 10.7 Å². The Morgan fingerprint density at radius 1 is 0.783 bits per heavy atom. The summed E-state index contributed by atoms with van der Waals surface area (Å²) in [6.45, 7) is 0.412. The largest absolute Gasteiger partial charge is 0.394 e. The highest BCUT2D eigenvalue weighted by Crippen LogP contribution is 2.31. The molecule has 0 fully saturated rings. The first kappa shape index (κ1) is 47.9. The van der Waals surface area contributed by atoms with Crippen LogP contribution in [0.5, 0.6) is 0 Å². The Balaban J connectivity index is 1.59. The van der Waals surface area contributed by atoms with Gasteiger partial charge in [0, 0.05) is 47.6 Å². The summed E-state index contributed by atoms with van der Waals surface area (Å²) < 4.78 is 81.0. The molecule has 26 nitrogen and oxygen atoms in total. The molecule has 326 valence electrons. The molecule has 10 N–H and O–H groups in total. The van der Waals surface area contributed by atoms with Crippen molar-refractivity contribution in [3.05, 3.63) is 53.3 Å². The van der Waals surface area contributed by atoms with Crippen molar-refractivity contribution in [2.45, 2.75) is 16.3 Å². The van der Waals surface area contributed by atoms with Crippen molar-refractivity contribution in [1.29, 1.82) is 0 Å². The first-order valence-electron chi connectivity index (χ1n) is 16.8. The minimum absolute atomic E-state index is 0.00525. The fraction of sp³-hybridized carbons (Fsp3) is 0.300. The van der Waals surface area contributed by atoms with E-state index in [1.54, 1.807) is 19.2 Å². The van der Waals surface area contributed by atoms with Gasteiger partial charge in [-0.1, -0.05) is 34.4 Å². The van der Waals surface area contributed by atoms with E-state index >= 15 is 0 Å². The van der Waals surface area contributed by atoms with E-state index in [1.165, 1.54) is 42.6 Å². The van der Waals surface area contributed by atoms with Gasteiger partial charge in [-0.3, -0.25) is 9.11 Å². The fourth-order valence-electron chi connectivity index (χ4n) is 4.53. The molecule has 0 atom stereocenters. The van der Waals surface area contributed by atoms with Gasteiger partial charge in [-0.05, 0) is 42.4 Å². The Bertz CT molecular complexity index is 2300. The lowest BCUT2D eigenvalue weighted by Crippen LogP contribution is -2.18. The van der Waals surface area contributed by atoms with Gasteiger partial charge in [-0.25, -0.2) is 15.5 Å². The molecule has 0 aliphatic carbocycles. The quantitative estimate of drug-likeness (QED) is 0.00781. The number of benzene rings is 2. The zero-order valence-electron chi connectivity index (χ0n) is 31.0. The van der Waals surface area contributed by atoms with E-state index < -0.39 is 30.9 Å². The first-order chi connectivity index (χ1) is 28.8. The van der Waals surface area contributed by atoms with E-state index in [-0.39, 0.29) is 86.2 Å². The first-order valence-corrected chi connectivity index (χ1v) is 21.5. The second-order valence-corrected chi connectivity index (χ2v) is 15.6. The molecule has 0 aliphatic heterocycles. The molecule has 0 radical (unpaired) electrons. The van der Waals surface area contributed by atoms with E-state index in [2.05, 4.69) is 80.2 Å². The topological polar surface area (TPSA) is 365 Å². The maximum atomic E-state index is 12.6. The molecule has 2 aromatic carbocycles.